The van der Waals surface area contributed by atoms with Crippen LogP contribution in [0.2, 0.25) is 0 Å². The number of benzene rings is 1. The average Bonchev–Trinajstić information content (AvgIpc) is 2.90. The molecule has 2 aliphatic rings. The number of carbonyl (C=O) groups is 1. The van der Waals surface area contributed by atoms with E-state index in [9.17, 15) is 4.79 Å². The van der Waals surface area contributed by atoms with Crippen LogP contribution in [0.1, 0.15) is 25.8 Å². The molecular formula is C19H25N3OS2. The largest absolute Gasteiger partial charge is 0.374 e. The van der Waals surface area contributed by atoms with Crippen LogP contribution in [0.25, 0.3) is 0 Å². The first-order chi connectivity index (χ1) is 12.1. The minimum atomic E-state index is 0.0658. The van der Waals surface area contributed by atoms with E-state index in [-0.39, 0.29) is 11.9 Å². The number of amides is 1. The molecule has 2 saturated heterocycles. The van der Waals surface area contributed by atoms with E-state index in [0.717, 1.165) is 44.0 Å². The molecule has 2 aliphatic heterocycles. The molecule has 25 heavy (non-hydrogen) atoms. The lowest BCUT2D eigenvalue weighted by molar-refractivity contribution is -0.123. The second kappa shape index (κ2) is 8.34. The molecule has 134 valence electrons. The van der Waals surface area contributed by atoms with Gasteiger partial charge in [0.05, 0.1) is 4.91 Å². The maximum Gasteiger partial charge on any atom is 0.267 e. The van der Waals surface area contributed by atoms with Gasteiger partial charge in [-0.25, -0.2) is 0 Å². The van der Waals surface area contributed by atoms with Crippen molar-refractivity contribution in [3.63, 3.8) is 0 Å². The summed E-state index contributed by atoms with van der Waals surface area (Å²) in [6.07, 6.45) is 2.93. The van der Waals surface area contributed by atoms with Gasteiger partial charge in [-0.2, -0.15) is 0 Å². The highest BCUT2D eigenvalue weighted by Gasteiger charge is 2.35. The summed E-state index contributed by atoms with van der Waals surface area (Å²) in [5.41, 5.74) is 1.35. The van der Waals surface area contributed by atoms with Crippen LogP contribution in [0.15, 0.2) is 41.4 Å². The molecule has 0 unspecified atom stereocenters. The van der Waals surface area contributed by atoms with Crippen LogP contribution >= 0.6 is 24.0 Å². The molecular weight excluding hydrogens is 350 g/mol. The first kappa shape index (κ1) is 18.4. The minimum Gasteiger partial charge on any atom is -0.374 e. The van der Waals surface area contributed by atoms with Crippen LogP contribution in [0.5, 0.6) is 0 Å². The van der Waals surface area contributed by atoms with Crippen LogP contribution in [0.3, 0.4) is 0 Å². The van der Waals surface area contributed by atoms with Gasteiger partial charge in [-0.05, 0) is 18.9 Å². The lowest BCUT2D eigenvalue weighted by Crippen LogP contribution is -2.43. The monoisotopic (exact) mass is 375 g/mol. The third-order valence-corrected chi connectivity index (χ3v) is 6.13. The second-order valence-corrected chi connectivity index (χ2v) is 8.27. The summed E-state index contributed by atoms with van der Waals surface area (Å²) in [4.78, 5) is 19.9. The molecule has 0 aromatic heterocycles. The maximum atomic E-state index is 12.6. The lowest BCUT2D eigenvalue weighted by atomic mass is 10.2. The van der Waals surface area contributed by atoms with E-state index in [1.807, 2.05) is 6.20 Å². The molecule has 0 aliphatic carbocycles. The van der Waals surface area contributed by atoms with Crippen molar-refractivity contribution in [1.29, 1.82) is 0 Å². The molecule has 0 N–H and O–H groups in total. The number of thioether (sulfide) groups is 1. The molecule has 1 amide bonds. The molecule has 1 aromatic rings. The van der Waals surface area contributed by atoms with Crippen molar-refractivity contribution in [3.8, 4) is 0 Å². The Kier molecular flexibility index (Phi) is 6.15. The van der Waals surface area contributed by atoms with Gasteiger partial charge in [-0.15, -0.1) is 0 Å². The lowest BCUT2D eigenvalue weighted by Gasteiger charge is -2.34. The zero-order valence-corrected chi connectivity index (χ0v) is 16.5. The molecule has 1 atom stereocenters. The van der Waals surface area contributed by atoms with Gasteiger partial charge in [0.25, 0.3) is 5.91 Å². The highest BCUT2D eigenvalue weighted by Crippen LogP contribution is 2.33. The number of piperazine rings is 1. The summed E-state index contributed by atoms with van der Waals surface area (Å²) in [6, 6.07) is 10.7. The Hall–Kier alpha value is -1.37. The molecule has 0 spiro atoms. The first-order valence-corrected chi connectivity index (χ1v) is 10.1. The second-order valence-electron chi connectivity index (χ2n) is 6.59. The van der Waals surface area contributed by atoms with E-state index in [2.05, 4.69) is 54.0 Å². The van der Waals surface area contributed by atoms with Crippen molar-refractivity contribution in [2.24, 2.45) is 0 Å². The Morgan fingerprint density at radius 3 is 2.52 bits per heavy atom. The SMILES string of the molecule is CC[C@@H](C)N1C(=O)/C(=C/N2CCN(Cc3ccccc3)CC2)SC1=S. The van der Waals surface area contributed by atoms with E-state index in [1.54, 1.807) is 4.90 Å². The quantitative estimate of drug-likeness (QED) is 0.581. The van der Waals surface area contributed by atoms with Crippen LogP contribution < -0.4 is 0 Å². The van der Waals surface area contributed by atoms with Gasteiger partial charge in [-0.1, -0.05) is 61.2 Å². The number of thiocarbonyl (C=S) groups is 1. The smallest absolute Gasteiger partial charge is 0.267 e. The molecule has 6 heteroatoms. The number of nitrogens with zero attached hydrogens (tertiary/aromatic N) is 3. The maximum absolute atomic E-state index is 12.6. The number of rotatable bonds is 5. The molecule has 0 bridgehead atoms. The Bertz CT molecular complexity index is 654. The van der Waals surface area contributed by atoms with Gasteiger partial charge in [0.2, 0.25) is 0 Å². The van der Waals surface area contributed by atoms with E-state index >= 15 is 0 Å². The van der Waals surface area contributed by atoms with Crippen LogP contribution in [-0.4, -0.2) is 57.1 Å². The van der Waals surface area contributed by atoms with E-state index in [1.165, 1.54) is 17.3 Å². The van der Waals surface area contributed by atoms with Crippen molar-refractivity contribution in [2.75, 3.05) is 26.2 Å². The molecule has 2 fully saturated rings. The van der Waals surface area contributed by atoms with E-state index in [4.69, 9.17) is 12.2 Å². The predicted octanol–water partition coefficient (Wildman–Crippen LogP) is 3.30. The number of carbonyl (C=O) groups excluding carboxylic acids is 1. The van der Waals surface area contributed by atoms with Crippen LogP contribution in [0, 0.1) is 0 Å². The van der Waals surface area contributed by atoms with Gasteiger partial charge in [0, 0.05) is 45.0 Å². The third kappa shape index (κ3) is 4.43. The van der Waals surface area contributed by atoms with Gasteiger partial charge >= 0.3 is 0 Å². The summed E-state index contributed by atoms with van der Waals surface area (Å²) in [6.45, 7) is 9.04. The Labute approximate surface area is 159 Å². The Balaban J connectivity index is 1.56. The van der Waals surface area contributed by atoms with Crippen molar-refractivity contribution < 1.29 is 4.79 Å². The summed E-state index contributed by atoms with van der Waals surface area (Å²) >= 11 is 6.83. The van der Waals surface area contributed by atoms with E-state index < -0.39 is 0 Å². The van der Waals surface area contributed by atoms with Crippen LogP contribution in [-0.2, 0) is 11.3 Å². The standard InChI is InChI=1S/C19H25N3OS2/c1-3-15(2)22-18(23)17(25-19(22)24)14-21-11-9-20(10-12-21)13-16-7-5-4-6-8-16/h4-8,14-15H,3,9-13H2,1-2H3/b17-14-/t15-/m1/s1. The fourth-order valence-electron chi connectivity index (χ4n) is 3.09. The highest BCUT2D eigenvalue weighted by molar-refractivity contribution is 8.26. The normalized spacial score (nSPS) is 22.1. The third-order valence-electron chi connectivity index (χ3n) is 4.81. The fourth-order valence-corrected chi connectivity index (χ4v) is 4.56. The van der Waals surface area contributed by atoms with Gasteiger partial charge in [-0.3, -0.25) is 14.6 Å². The summed E-state index contributed by atoms with van der Waals surface area (Å²) in [5, 5.41) is 0. The first-order valence-electron chi connectivity index (χ1n) is 8.86. The number of hydrogen-bond acceptors (Lipinski definition) is 5. The fraction of sp³-hybridized carbons (Fsp3) is 0.474. The summed E-state index contributed by atoms with van der Waals surface area (Å²) in [5.74, 6) is 0.0658. The van der Waals surface area contributed by atoms with Crippen molar-refractivity contribution in [2.45, 2.75) is 32.9 Å². The van der Waals surface area contributed by atoms with Crippen molar-refractivity contribution >= 4 is 34.2 Å². The predicted molar refractivity (Wildman–Crippen MR) is 108 cm³/mol. The molecule has 3 rings (SSSR count). The Morgan fingerprint density at radius 2 is 1.88 bits per heavy atom. The topological polar surface area (TPSA) is 26.8 Å². The van der Waals surface area contributed by atoms with E-state index in [0.29, 0.717) is 4.32 Å². The number of hydrogen-bond donors (Lipinski definition) is 0. The average molecular weight is 376 g/mol. The van der Waals surface area contributed by atoms with Crippen molar-refractivity contribution in [1.82, 2.24) is 14.7 Å². The Morgan fingerprint density at radius 1 is 1.20 bits per heavy atom. The molecule has 0 saturated carbocycles. The zero-order chi connectivity index (χ0) is 17.8. The summed E-state index contributed by atoms with van der Waals surface area (Å²) < 4.78 is 0.688. The zero-order valence-electron chi connectivity index (χ0n) is 14.9. The van der Waals surface area contributed by atoms with Gasteiger partial charge < -0.3 is 4.90 Å². The minimum absolute atomic E-state index is 0.0658. The molecule has 1 aromatic carbocycles. The van der Waals surface area contributed by atoms with Crippen molar-refractivity contribution in [3.05, 3.63) is 47.0 Å². The van der Waals surface area contributed by atoms with Crippen LogP contribution in [0.4, 0.5) is 0 Å². The van der Waals surface area contributed by atoms with Gasteiger partial charge in [0.15, 0.2) is 0 Å². The van der Waals surface area contributed by atoms with Gasteiger partial charge in [0.1, 0.15) is 4.32 Å². The highest BCUT2D eigenvalue weighted by atomic mass is 32.2. The summed E-state index contributed by atoms with van der Waals surface area (Å²) in [7, 11) is 0. The molecule has 2 heterocycles. The molecule has 4 nitrogen and oxygen atoms in total. The molecule has 0 radical (unpaired) electrons.